The number of carbonyl (C=O) groups is 2. The Labute approximate surface area is 228 Å². The number of ether oxygens (including phenoxy) is 4. The lowest BCUT2D eigenvalue weighted by Crippen LogP contribution is -2.40. The van der Waals surface area contributed by atoms with Crippen LogP contribution >= 0.6 is 11.3 Å². The first-order valence-electron chi connectivity index (χ1n) is 12.2. The molecule has 0 amide bonds. The fraction of sp³-hybridized carbons (Fsp3) is 0.286. The van der Waals surface area contributed by atoms with Crippen molar-refractivity contribution in [3.05, 3.63) is 84.5 Å². The van der Waals surface area contributed by atoms with Gasteiger partial charge in [-0.15, -0.1) is 0 Å². The van der Waals surface area contributed by atoms with Crippen molar-refractivity contribution < 1.29 is 33.6 Å². The van der Waals surface area contributed by atoms with Gasteiger partial charge < -0.3 is 24.1 Å². The number of aromatic nitrogens is 1. The molecule has 2 heterocycles. The SMILES string of the molecule is CCOC(=O)C1=C(C)N=c2s/c(=C/c3ccc(OCC(=O)O)cc3)c(=O)n2[C@H]1c1cccc(OC)c1OCC. The number of para-hydroxylation sites is 1. The highest BCUT2D eigenvalue weighted by atomic mass is 32.1. The van der Waals surface area contributed by atoms with Gasteiger partial charge in [-0.05, 0) is 50.6 Å². The molecule has 2 aromatic carbocycles. The lowest BCUT2D eigenvalue weighted by Gasteiger charge is -2.26. The second-order valence-corrected chi connectivity index (χ2v) is 9.37. The van der Waals surface area contributed by atoms with Gasteiger partial charge in [-0.2, -0.15) is 0 Å². The number of carboxylic acids is 1. The molecular weight excluding hydrogens is 524 g/mol. The van der Waals surface area contributed by atoms with Gasteiger partial charge >= 0.3 is 11.9 Å². The monoisotopic (exact) mass is 552 g/mol. The van der Waals surface area contributed by atoms with Gasteiger partial charge in [0, 0.05) is 5.56 Å². The number of esters is 1. The molecule has 10 nitrogen and oxygen atoms in total. The minimum atomic E-state index is -1.07. The number of thiazole rings is 1. The topological polar surface area (TPSA) is 126 Å². The van der Waals surface area contributed by atoms with Crippen molar-refractivity contribution in [1.29, 1.82) is 0 Å². The molecule has 4 rings (SSSR count). The van der Waals surface area contributed by atoms with Gasteiger partial charge in [-0.25, -0.2) is 14.6 Å². The molecule has 1 aliphatic rings. The Morgan fingerprint density at radius 1 is 1.10 bits per heavy atom. The first kappa shape index (κ1) is 27.6. The Hall–Kier alpha value is -4.38. The maximum absolute atomic E-state index is 13.8. The zero-order chi connectivity index (χ0) is 28.1. The van der Waals surface area contributed by atoms with Crippen molar-refractivity contribution in [2.24, 2.45) is 4.99 Å². The number of nitrogens with zero attached hydrogens (tertiary/aromatic N) is 2. The summed E-state index contributed by atoms with van der Waals surface area (Å²) in [6.07, 6.45) is 1.71. The van der Waals surface area contributed by atoms with Gasteiger partial charge in [0.05, 0.1) is 36.1 Å². The van der Waals surface area contributed by atoms with E-state index >= 15 is 0 Å². The minimum absolute atomic E-state index is 0.162. The van der Waals surface area contributed by atoms with E-state index in [4.69, 9.17) is 24.1 Å². The standard InChI is InChI=1S/C28H28N2O8S/c1-5-36-25-19(8-7-9-20(25)35-4)24-23(27(34)37-6-2)16(3)29-28-30(24)26(33)21(39-28)14-17-10-12-18(13-11-17)38-15-22(31)32/h7-14,24H,5-6,15H2,1-4H3,(H,31,32)/b21-14+/t24-/m0/s1. The van der Waals surface area contributed by atoms with E-state index in [0.29, 0.717) is 50.0 Å². The smallest absolute Gasteiger partial charge is 0.341 e. The van der Waals surface area contributed by atoms with Crippen molar-refractivity contribution in [3.63, 3.8) is 0 Å². The first-order valence-corrected chi connectivity index (χ1v) is 13.0. The zero-order valence-electron chi connectivity index (χ0n) is 21.9. The molecule has 1 N–H and O–H groups in total. The summed E-state index contributed by atoms with van der Waals surface area (Å²) < 4.78 is 23.9. The molecule has 3 aromatic rings. The van der Waals surface area contributed by atoms with Crippen LogP contribution in [0, 0.1) is 0 Å². The number of allylic oxidation sites excluding steroid dienone is 1. The normalized spacial score (nSPS) is 14.9. The molecule has 39 heavy (non-hydrogen) atoms. The van der Waals surface area contributed by atoms with Crippen molar-refractivity contribution in [2.75, 3.05) is 26.9 Å². The van der Waals surface area contributed by atoms with Gasteiger partial charge in [-0.1, -0.05) is 35.6 Å². The van der Waals surface area contributed by atoms with E-state index in [2.05, 4.69) is 4.99 Å². The average molecular weight is 553 g/mol. The number of fused-ring (bicyclic) bond motifs is 1. The third-order valence-corrected chi connectivity index (χ3v) is 6.85. The van der Waals surface area contributed by atoms with Crippen LogP contribution in [0.3, 0.4) is 0 Å². The summed E-state index contributed by atoms with van der Waals surface area (Å²) in [5, 5.41) is 8.79. The van der Waals surface area contributed by atoms with E-state index in [9.17, 15) is 14.4 Å². The third-order valence-electron chi connectivity index (χ3n) is 5.87. The Morgan fingerprint density at radius 3 is 2.49 bits per heavy atom. The summed E-state index contributed by atoms with van der Waals surface area (Å²) in [5.41, 5.74) is 1.62. The van der Waals surface area contributed by atoms with Gasteiger partial charge in [0.2, 0.25) is 0 Å². The Bertz CT molecular complexity index is 1600. The summed E-state index contributed by atoms with van der Waals surface area (Å²) in [5.74, 6) is -0.349. The molecule has 0 unspecified atom stereocenters. The van der Waals surface area contributed by atoms with Crippen molar-refractivity contribution >= 4 is 29.4 Å². The van der Waals surface area contributed by atoms with Crippen LogP contribution in [0.25, 0.3) is 6.08 Å². The maximum Gasteiger partial charge on any atom is 0.341 e. The fourth-order valence-electron chi connectivity index (χ4n) is 4.25. The van der Waals surface area contributed by atoms with Gasteiger partial charge in [0.1, 0.15) is 11.8 Å². The van der Waals surface area contributed by atoms with Crippen LogP contribution < -0.4 is 29.1 Å². The second-order valence-electron chi connectivity index (χ2n) is 8.37. The Kier molecular flexibility index (Phi) is 8.50. The predicted octanol–water partition coefficient (Wildman–Crippen LogP) is 2.67. The first-order chi connectivity index (χ1) is 18.8. The minimum Gasteiger partial charge on any atom is -0.493 e. The number of benzene rings is 2. The van der Waals surface area contributed by atoms with Crippen LogP contribution in [-0.2, 0) is 14.3 Å². The molecule has 0 fully saturated rings. The summed E-state index contributed by atoms with van der Waals surface area (Å²) in [7, 11) is 1.53. The van der Waals surface area contributed by atoms with E-state index in [1.165, 1.54) is 23.0 Å². The Balaban J connectivity index is 1.89. The van der Waals surface area contributed by atoms with E-state index < -0.39 is 24.6 Å². The van der Waals surface area contributed by atoms with Gasteiger partial charge in [0.25, 0.3) is 5.56 Å². The van der Waals surface area contributed by atoms with Gasteiger partial charge in [0.15, 0.2) is 22.9 Å². The van der Waals surface area contributed by atoms with Crippen LogP contribution in [0.1, 0.15) is 37.9 Å². The molecule has 0 bridgehead atoms. The molecule has 204 valence electrons. The molecule has 0 spiro atoms. The molecule has 0 radical (unpaired) electrons. The lowest BCUT2D eigenvalue weighted by molar-refractivity contribution is -0.140. The molecule has 1 atom stereocenters. The number of methoxy groups -OCH3 is 1. The van der Waals surface area contributed by atoms with Gasteiger partial charge in [-0.3, -0.25) is 9.36 Å². The van der Waals surface area contributed by atoms with Crippen molar-refractivity contribution in [2.45, 2.75) is 26.8 Å². The zero-order valence-corrected chi connectivity index (χ0v) is 22.7. The second kappa shape index (κ2) is 12.0. The summed E-state index contributed by atoms with van der Waals surface area (Å²) >= 11 is 1.19. The number of carbonyl (C=O) groups excluding carboxylic acids is 1. The number of rotatable bonds is 10. The quantitative estimate of drug-likeness (QED) is 0.381. The van der Waals surface area contributed by atoms with E-state index in [1.807, 2.05) is 6.92 Å². The molecule has 0 saturated heterocycles. The van der Waals surface area contributed by atoms with E-state index in [0.717, 1.165) is 0 Å². The molecule has 0 aliphatic carbocycles. The van der Waals surface area contributed by atoms with Crippen LogP contribution in [0.5, 0.6) is 17.2 Å². The van der Waals surface area contributed by atoms with Crippen molar-refractivity contribution in [3.8, 4) is 17.2 Å². The van der Waals surface area contributed by atoms with Crippen LogP contribution in [0.4, 0.5) is 0 Å². The van der Waals surface area contributed by atoms with Crippen LogP contribution in [-0.4, -0.2) is 48.5 Å². The number of carboxylic acid groups (broad SMARTS) is 1. The van der Waals surface area contributed by atoms with E-state index in [-0.39, 0.29) is 17.7 Å². The largest absolute Gasteiger partial charge is 0.493 e. The predicted molar refractivity (Wildman–Crippen MR) is 144 cm³/mol. The number of aliphatic carboxylic acids is 1. The maximum atomic E-state index is 13.8. The molecular formula is C28H28N2O8S. The summed E-state index contributed by atoms with van der Waals surface area (Å²) in [6, 6.07) is 11.2. The number of hydrogen-bond acceptors (Lipinski definition) is 9. The van der Waals surface area contributed by atoms with Crippen LogP contribution in [0.2, 0.25) is 0 Å². The van der Waals surface area contributed by atoms with E-state index in [1.54, 1.807) is 62.4 Å². The molecule has 1 aliphatic heterocycles. The number of hydrogen-bond donors (Lipinski definition) is 1. The highest BCUT2D eigenvalue weighted by Gasteiger charge is 2.35. The van der Waals surface area contributed by atoms with Crippen molar-refractivity contribution in [1.82, 2.24) is 4.57 Å². The highest BCUT2D eigenvalue weighted by Crippen LogP contribution is 2.40. The average Bonchev–Trinajstić information content (AvgIpc) is 3.22. The third kappa shape index (κ3) is 5.73. The fourth-order valence-corrected chi connectivity index (χ4v) is 5.30. The summed E-state index contributed by atoms with van der Waals surface area (Å²) in [6.45, 7) is 5.33. The molecule has 11 heteroatoms. The molecule has 0 saturated carbocycles. The molecule has 1 aromatic heterocycles. The Morgan fingerprint density at radius 2 is 1.85 bits per heavy atom. The lowest BCUT2D eigenvalue weighted by atomic mass is 9.94. The summed E-state index contributed by atoms with van der Waals surface area (Å²) in [4.78, 5) is 42.8. The highest BCUT2D eigenvalue weighted by molar-refractivity contribution is 7.07. The van der Waals surface area contributed by atoms with Crippen LogP contribution in [0.15, 0.2) is 63.5 Å².